The Morgan fingerprint density at radius 1 is 1.41 bits per heavy atom. The Labute approximate surface area is 96.7 Å². The molecule has 0 bridgehead atoms. The van der Waals surface area contributed by atoms with Crippen molar-refractivity contribution in [2.75, 3.05) is 13.7 Å². The van der Waals surface area contributed by atoms with E-state index in [2.05, 4.69) is 5.32 Å². The fourth-order valence-electron chi connectivity index (χ4n) is 1.95. The molecule has 3 N–H and O–H groups in total. The van der Waals surface area contributed by atoms with Crippen LogP contribution < -0.4 is 15.8 Å². The smallest absolute Gasteiger partial charge is 0.237 e. The predicted molar refractivity (Wildman–Crippen MR) is 56.6 cm³/mol. The molecule has 1 amide bonds. The van der Waals surface area contributed by atoms with E-state index >= 15 is 0 Å². The van der Waals surface area contributed by atoms with Crippen LogP contribution in [0, 0.1) is 11.6 Å². The molecular weight excluding hydrogens is 230 g/mol. The molecule has 2 atom stereocenters. The molecule has 1 aliphatic rings. The van der Waals surface area contributed by atoms with Gasteiger partial charge >= 0.3 is 0 Å². The first-order chi connectivity index (χ1) is 8.04. The number of methoxy groups -OCH3 is 1. The molecule has 17 heavy (non-hydrogen) atoms. The second kappa shape index (κ2) is 4.29. The largest absolute Gasteiger partial charge is 0.497 e. The maximum Gasteiger partial charge on any atom is 0.237 e. The number of hydrogen-bond acceptors (Lipinski definition) is 3. The van der Waals surface area contributed by atoms with Gasteiger partial charge in [0, 0.05) is 30.2 Å². The van der Waals surface area contributed by atoms with Gasteiger partial charge in [-0.2, -0.15) is 0 Å². The van der Waals surface area contributed by atoms with Gasteiger partial charge in [-0.05, 0) is 0 Å². The Morgan fingerprint density at radius 3 is 2.41 bits per heavy atom. The highest BCUT2D eigenvalue weighted by molar-refractivity contribution is 5.85. The number of halogens is 2. The maximum atomic E-state index is 13.7. The molecule has 1 saturated heterocycles. The van der Waals surface area contributed by atoms with E-state index in [0.29, 0.717) is 0 Å². The summed E-state index contributed by atoms with van der Waals surface area (Å²) in [6.07, 6.45) is 0. The van der Waals surface area contributed by atoms with Crippen LogP contribution in [-0.2, 0) is 4.79 Å². The third-order valence-corrected chi connectivity index (χ3v) is 2.89. The Hall–Kier alpha value is -1.69. The number of nitrogens with one attached hydrogen (secondary N) is 1. The van der Waals surface area contributed by atoms with Gasteiger partial charge < -0.3 is 15.8 Å². The van der Waals surface area contributed by atoms with Crippen LogP contribution in [0.2, 0.25) is 0 Å². The first-order valence-electron chi connectivity index (χ1n) is 5.10. The minimum atomic E-state index is -0.924. The summed E-state index contributed by atoms with van der Waals surface area (Å²) in [4.78, 5) is 11.2. The van der Waals surface area contributed by atoms with E-state index in [-0.39, 0.29) is 17.9 Å². The van der Waals surface area contributed by atoms with E-state index in [1.165, 1.54) is 7.11 Å². The third-order valence-electron chi connectivity index (χ3n) is 2.89. The molecule has 0 aliphatic carbocycles. The molecule has 1 heterocycles. The van der Waals surface area contributed by atoms with Crippen LogP contribution in [0.1, 0.15) is 11.5 Å². The fraction of sp³-hybridized carbons (Fsp3) is 0.364. The first kappa shape index (κ1) is 11.8. The van der Waals surface area contributed by atoms with Crippen LogP contribution in [0.3, 0.4) is 0 Å². The predicted octanol–water partition coefficient (Wildman–Crippen LogP) is 0.514. The summed E-state index contributed by atoms with van der Waals surface area (Å²) in [5.41, 5.74) is 5.42. The van der Waals surface area contributed by atoms with Gasteiger partial charge in [0.05, 0.1) is 13.2 Å². The lowest BCUT2D eigenvalue weighted by atomic mass is 9.93. The average molecular weight is 242 g/mol. The summed E-state index contributed by atoms with van der Waals surface area (Å²) in [5.74, 6) is -2.50. The zero-order chi connectivity index (χ0) is 12.6. The van der Waals surface area contributed by atoms with Crippen molar-refractivity contribution in [3.05, 3.63) is 29.3 Å². The molecule has 1 aliphatic heterocycles. The SMILES string of the molecule is COc1cc(F)c([C@H]2CNC(=O)[C@@H]2N)c(F)c1. The van der Waals surface area contributed by atoms with Gasteiger partial charge in [-0.15, -0.1) is 0 Å². The van der Waals surface area contributed by atoms with Crippen molar-refractivity contribution in [3.8, 4) is 5.75 Å². The Morgan fingerprint density at radius 2 is 2.00 bits per heavy atom. The number of ether oxygens (including phenoxy) is 1. The zero-order valence-electron chi connectivity index (χ0n) is 9.17. The molecule has 1 aromatic carbocycles. The number of nitrogens with two attached hydrogens (primary N) is 1. The Balaban J connectivity index is 2.42. The molecule has 0 radical (unpaired) electrons. The molecule has 1 aromatic rings. The first-order valence-corrected chi connectivity index (χ1v) is 5.10. The molecule has 6 heteroatoms. The lowest BCUT2D eigenvalue weighted by Gasteiger charge is -2.15. The number of amides is 1. The summed E-state index contributed by atoms with van der Waals surface area (Å²) in [7, 11) is 1.32. The average Bonchev–Trinajstić information content (AvgIpc) is 2.60. The number of rotatable bonds is 2. The van der Waals surface area contributed by atoms with E-state index in [0.717, 1.165) is 12.1 Å². The zero-order valence-corrected chi connectivity index (χ0v) is 9.17. The summed E-state index contributed by atoms with van der Waals surface area (Å²) >= 11 is 0. The highest BCUT2D eigenvalue weighted by atomic mass is 19.1. The van der Waals surface area contributed by atoms with Crippen LogP contribution in [0.4, 0.5) is 8.78 Å². The maximum absolute atomic E-state index is 13.7. The molecule has 0 aromatic heterocycles. The summed E-state index contributed by atoms with van der Waals surface area (Å²) in [6.45, 7) is 0.139. The third kappa shape index (κ3) is 1.95. The molecule has 92 valence electrons. The monoisotopic (exact) mass is 242 g/mol. The van der Waals surface area contributed by atoms with E-state index in [4.69, 9.17) is 10.5 Å². The van der Waals surface area contributed by atoms with E-state index in [9.17, 15) is 13.6 Å². The minimum Gasteiger partial charge on any atom is -0.497 e. The topological polar surface area (TPSA) is 64.3 Å². The van der Waals surface area contributed by atoms with E-state index < -0.39 is 29.5 Å². The second-order valence-corrected chi connectivity index (χ2v) is 3.88. The van der Waals surface area contributed by atoms with Crippen LogP contribution in [0.25, 0.3) is 0 Å². The van der Waals surface area contributed by atoms with Gasteiger partial charge in [0.15, 0.2) is 0 Å². The second-order valence-electron chi connectivity index (χ2n) is 3.88. The quantitative estimate of drug-likeness (QED) is 0.794. The molecule has 1 fully saturated rings. The van der Waals surface area contributed by atoms with Crippen molar-refractivity contribution in [2.24, 2.45) is 5.73 Å². The van der Waals surface area contributed by atoms with Gasteiger partial charge in [-0.1, -0.05) is 0 Å². The summed E-state index contributed by atoms with van der Waals surface area (Å²) in [6, 6.07) is 1.23. The molecule has 4 nitrogen and oxygen atoms in total. The molecule has 2 rings (SSSR count). The van der Waals surface area contributed by atoms with Crippen molar-refractivity contribution in [3.63, 3.8) is 0 Å². The van der Waals surface area contributed by atoms with Crippen molar-refractivity contribution in [1.82, 2.24) is 5.32 Å². The lowest BCUT2D eigenvalue weighted by Crippen LogP contribution is -2.33. The summed E-state index contributed by atoms with van der Waals surface area (Å²) in [5, 5.41) is 2.47. The van der Waals surface area contributed by atoms with Gasteiger partial charge in [0.2, 0.25) is 5.91 Å². The van der Waals surface area contributed by atoms with Crippen LogP contribution in [0.15, 0.2) is 12.1 Å². The normalized spacial score (nSPS) is 23.6. The number of carbonyl (C=O) groups excluding carboxylic acids is 1. The standard InChI is InChI=1S/C11H12F2N2O2/c1-17-5-2-7(12)9(8(13)3-5)6-4-15-11(16)10(6)14/h2-3,6,10H,4,14H2,1H3,(H,15,16)/t6-,10-/m1/s1. The Kier molecular flexibility index (Phi) is 2.97. The number of benzene rings is 1. The highest BCUT2D eigenvalue weighted by Gasteiger charge is 2.36. The van der Waals surface area contributed by atoms with Crippen LogP contribution in [0.5, 0.6) is 5.75 Å². The number of carbonyl (C=O) groups is 1. The number of hydrogen-bond donors (Lipinski definition) is 2. The van der Waals surface area contributed by atoms with Crippen LogP contribution in [-0.4, -0.2) is 25.6 Å². The van der Waals surface area contributed by atoms with Gasteiger partial charge in [0.25, 0.3) is 0 Å². The fourth-order valence-corrected chi connectivity index (χ4v) is 1.95. The summed E-state index contributed by atoms with van der Waals surface area (Å²) < 4.78 is 32.2. The van der Waals surface area contributed by atoms with Gasteiger partial charge in [-0.3, -0.25) is 4.79 Å². The van der Waals surface area contributed by atoms with E-state index in [1.54, 1.807) is 0 Å². The minimum absolute atomic E-state index is 0.0922. The molecular formula is C11H12F2N2O2. The van der Waals surface area contributed by atoms with Crippen molar-refractivity contribution >= 4 is 5.91 Å². The lowest BCUT2D eigenvalue weighted by molar-refractivity contribution is -0.120. The van der Waals surface area contributed by atoms with Crippen molar-refractivity contribution in [2.45, 2.75) is 12.0 Å². The van der Waals surface area contributed by atoms with Crippen molar-refractivity contribution in [1.29, 1.82) is 0 Å². The molecule has 0 saturated carbocycles. The molecule has 0 unspecified atom stereocenters. The van der Waals surface area contributed by atoms with Crippen LogP contribution >= 0.6 is 0 Å². The Bertz CT molecular complexity index is 442. The van der Waals surface area contributed by atoms with E-state index in [1.807, 2.05) is 0 Å². The van der Waals surface area contributed by atoms with Crippen molar-refractivity contribution < 1.29 is 18.3 Å². The highest BCUT2D eigenvalue weighted by Crippen LogP contribution is 2.30. The van der Waals surface area contributed by atoms with Gasteiger partial charge in [-0.25, -0.2) is 8.78 Å². The molecule has 0 spiro atoms. The van der Waals surface area contributed by atoms with Gasteiger partial charge in [0.1, 0.15) is 17.4 Å².